The highest BCUT2D eigenvalue weighted by Crippen LogP contribution is 2.21. The lowest BCUT2D eigenvalue weighted by atomic mass is 10.2. The van der Waals surface area contributed by atoms with E-state index < -0.39 is 10.0 Å². The van der Waals surface area contributed by atoms with Crippen molar-refractivity contribution in [1.82, 2.24) is 4.72 Å². The second-order valence-corrected chi connectivity index (χ2v) is 8.04. The van der Waals surface area contributed by atoms with Crippen LogP contribution in [-0.4, -0.2) is 48.9 Å². The van der Waals surface area contributed by atoms with Gasteiger partial charge in [0.1, 0.15) is 12.4 Å². The van der Waals surface area contributed by atoms with E-state index in [1.165, 1.54) is 0 Å². The molecule has 0 amide bonds. The number of nitrogens with one attached hydrogen (secondary N) is 1. The van der Waals surface area contributed by atoms with Crippen LogP contribution in [0.4, 0.5) is 5.69 Å². The third-order valence-electron chi connectivity index (χ3n) is 4.16. The Balaban J connectivity index is 1.86. The quantitative estimate of drug-likeness (QED) is 0.596. The van der Waals surface area contributed by atoms with E-state index in [0.717, 1.165) is 17.8 Å². The maximum absolute atomic E-state index is 12.5. The molecule has 2 aromatic rings. The van der Waals surface area contributed by atoms with Crippen LogP contribution in [0.2, 0.25) is 0 Å². The predicted molar refractivity (Wildman–Crippen MR) is 108 cm³/mol. The summed E-state index contributed by atoms with van der Waals surface area (Å²) in [7, 11) is 0.0658. The second-order valence-electron chi connectivity index (χ2n) is 6.28. The molecule has 0 fully saturated rings. The molecule has 0 aliphatic rings. The van der Waals surface area contributed by atoms with Crippen molar-refractivity contribution in [3.8, 4) is 5.75 Å². The molecule has 0 atom stereocenters. The Morgan fingerprint density at radius 2 is 1.81 bits per heavy atom. The number of methoxy groups -OCH3 is 1. The summed E-state index contributed by atoms with van der Waals surface area (Å²) in [6, 6.07) is 14.9. The van der Waals surface area contributed by atoms with Gasteiger partial charge in [-0.1, -0.05) is 18.2 Å². The van der Waals surface area contributed by atoms with Gasteiger partial charge in [-0.15, -0.1) is 0 Å². The van der Waals surface area contributed by atoms with Crippen molar-refractivity contribution in [1.29, 1.82) is 0 Å². The molecule has 27 heavy (non-hydrogen) atoms. The van der Waals surface area contributed by atoms with Crippen LogP contribution < -0.4 is 14.4 Å². The van der Waals surface area contributed by atoms with Crippen LogP contribution in [0, 0.1) is 6.92 Å². The second kappa shape index (κ2) is 10.3. The number of nitrogens with zero attached hydrogens (tertiary/aromatic N) is 1. The van der Waals surface area contributed by atoms with Gasteiger partial charge in [0.05, 0.1) is 11.5 Å². The molecular formula is C20H28N2O4S. The van der Waals surface area contributed by atoms with E-state index in [4.69, 9.17) is 9.47 Å². The fraction of sp³-hybridized carbons (Fsp3) is 0.400. The Labute approximate surface area is 162 Å². The zero-order chi connectivity index (χ0) is 19.7. The summed E-state index contributed by atoms with van der Waals surface area (Å²) in [5.74, 6) is 0.662. The predicted octanol–water partition coefficient (Wildman–Crippen LogP) is 2.83. The molecular weight excluding hydrogens is 364 g/mol. The lowest BCUT2D eigenvalue weighted by molar-refractivity contribution is 0.146. The Bertz CT molecular complexity index is 810. The van der Waals surface area contributed by atoms with Crippen LogP contribution >= 0.6 is 0 Å². The number of para-hydroxylation sites is 1. The molecule has 0 aliphatic carbocycles. The largest absolute Gasteiger partial charge is 0.491 e. The first-order valence-corrected chi connectivity index (χ1v) is 10.4. The molecule has 6 nitrogen and oxygen atoms in total. The minimum atomic E-state index is -3.54. The number of benzene rings is 2. The van der Waals surface area contributed by atoms with Crippen molar-refractivity contribution in [2.75, 3.05) is 45.4 Å². The Morgan fingerprint density at radius 1 is 1.07 bits per heavy atom. The van der Waals surface area contributed by atoms with Gasteiger partial charge in [-0.2, -0.15) is 0 Å². The highest BCUT2D eigenvalue weighted by Gasteiger charge is 2.15. The van der Waals surface area contributed by atoms with Gasteiger partial charge >= 0.3 is 0 Å². The van der Waals surface area contributed by atoms with Gasteiger partial charge < -0.3 is 14.4 Å². The molecule has 0 unspecified atom stereocenters. The third kappa shape index (κ3) is 6.53. The summed E-state index contributed by atoms with van der Waals surface area (Å²) < 4.78 is 38.1. The van der Waals surface area contributed by atoms with E-state index in [9.17, 15) is 8.42 Å². The molecule has 0 heterocycles. The van der Waals surface area contributed by atoms with Gasteiger partial charge in [0, 0.05) is 32.9 Å². The minimum absolute atomic E-state index is 0.246. The molecule has 0 saturated heterocycles. The lowest BCUT2D eigenvalue weighted by Gasteiger charge is -2.19. The van der Waals surface area contributed by atoms with Crippen LogP contribution in [-0.2, 0) is 14.8 Å². The van der Waals surface area contributed by atoms with Crippen LogP contribution in [0.1, 0.15) is 12.0 Å². The van der Waals surface area contributed by atoms with Crippen molar-refractivity contribution < 1.29 is 17.9 Å². The summed E-state index contributed by atoms with van der Waals surface area (Å²) in [5.41, 5.74) is 1.89. The van der Waals surface area contributed by atoms with E-state index in [-0.39, 0.29) is 4.90 Å². The monoisotopic (exact) mass is 392 g/mol. The van der Waals surface area contributed by atoms with E-state index in [1.54, 1.807) is 25.3 Å². The van der Waals surface area contributed by atoms with Gasteiger partial charge in [0.2, 0.25) is 10.0 Å². The average Bonchev–Trinajstić information content (AvgIpc) is 2.67. The van der Waals surface area contributed by atoms with Crippen LogP contribution in [0.3, 0.4) is 0 Å². The molecule has 0 saturated carbocycles. The lowest BCUT2D eigenvalue weighted by Crippen LogP contribution is -2.28. The van der Waals surface area contributed by atoms with Gasteiger partial charge in [-0.05, 0) is 49.2 Å². The maximum Gasteiger partial charge on any atom is 0.240 e. The molecule has 0 aromatic heterocycles. The molecule has 0 bridgehead atoms. The van der Waals surface area contributed by atoms with Crippen LogP contribution in [0.15, 0.2) is 53.4 Å². The molecule has 1 N–H and O–H groups in total. The number of ether oxygens (including phenoxy) is 2. The zero-order valence-corrected chi connectivity index (χ0v) is 17.0. The number of hydrogen-bond donors (Lipinski definition) is 1. The normalized spacial score (nSPS) is 11.4. The molecule has 0 radical (unpaired) electrons. The summed E-state index contributed by atoms with van der Waals surface area (Å²) >= 11 is 0. The SMILES string of the molecule is COCCOc1ccc(S(=O)(=O)NCCCN(C)c2ccccc2)cc1C. The number of anilines is 1. The van der Waals surface area contributed by atoms with Gasteiger partial charge in [0.25, 0.3) is 0 Å². The van der Waals surface area contributed by atoms with Crippen molar-refractivity contribution in [2.24, 2.45) is 0 Å². The summed E-state index contributed by atoms with van der Waals surface area (Å²) in [5, 5.41) is 0. The Morgan fingerprint density at radius 3 is 2.48 bits per heavy atom. The Kier molecular flexibility index (Phi) is 8.09. The van der Waals surface area contributed by atoms with Crippen LogP contribution in [0.5, 0.6) is 5.75 Å². The molecule has 2 aromatic carbocycles. The van der Waals surface area contributed by atoms with Gasteiger partial charge in [-0.3, -0.25) is 0 Å². The van der Waals surface area contributed by atoms with Crippen molar-refractivity contribution in [3.05, 3.63) is 54.1 Å². The molecule has 148 valence electrons. The first-order valence-electron chi connectivity index (χ1n) is 8.92. The van der Waals surface area contributed by atoms with Gasteiger partial charge in [-0.25, -0.2) is 13.1 Å². The Hall–Kier alpha value is -2.09. The van der Waals surface area contributed by atoms with Crippen LogP contribution in [0.25, 0.3) is 0 Å². The van der Waals surface area contributed by atoms with E-state index in [0.29, 0.717) is 31.9 Å². The molecule has 0 aliphatic heterocycles. The summed E-state index contributed by atoms with van der Waals surface area (Å²) in [6.45, 7) is 3.88. The molecule has 0 spiro atoms. The molecule has 7 heteroatoms. The smallest absolute Gasteiger partial charge is 0.240 e. The summed E-state index contributed by atoms with van der Waals surface area (Å²) in [6.07, 6.45) is 0.710. The number of aryl methyl sites for hydroxylation is 1. The standard InChI is InChI=1S/C20H28N2O4S/c1-17-16-19(10-11-20(17)26-15-14-25-3)27(23,24)21-12-7-13-22(2)18-8-5-4-6-9-18/h4-6,8-11,16,21H,7,12-15H2,1-3H3. The topological polar surface area (TPSA) is 67.9 Å². The maximum atomic E-state index is 12.5. The average molecular weight is 393 g/mol. The first-order chi connectivity index (χ1) is 12.9. The highest BCUT2D eigenvalue weighted by atomic mass is 32.2. The van der Waals surface area contributed by atoms with Gasteiger partial charge in [0.15, 0.2) is 0 Å². The zero-order valence-electron chi connectivity index (χ0n) is 16.1. The van der Waals surface area contributed by atoms with Crippen molar-refractivity contribution >= 4 is 15.7 Å². The van der Waals surface area contributed by atoms with E-state index >= 15 is 0 Å². The van der Waals surface area contributed by atoms with Crippen molar-refractivity contribution in [2.45, 2.75) is 18.2 Å². The van der Waals surface area contributed by atoms with E-state index in [2.05, 4.69) is 9.62 Å². The third-order valence-corrected chi connectivity index (χ3v) is 5.62. The van der Waals surface area contributed by atoms with E-state index in [1.807, 2.05) is 44.3 Å². The van der Waals surface area contributed by atoms with Crippen molar-refractivity contribution in [3.63, 3.8) is 0 Å². The number of rotatable bonds is 11. The molecule has 2 rings (SSSR count). The summed E-state index contributed by atoms with van der Waals surface area (Å²) in [4.78, 5) is 2.35. The fourth-order valence-electron chi connectivity index (χ4n) is 2.60. The highest BCUT2D eigenvalue weighted by molar-refractivity contribution is 7.89. The first kappa shape index (κ1) is 21.2. The fourth-order valence-corrected chi connectivity index (χ4v) is 3.76. The minimum Gasteiger partial charge on any atom is -0.491 e. The number of hydrogen-bond acceptors (Lipinski definition) is 5. The number of sulfonamides is 1.